The summed E-state index contributed by atoms with van der Waals surface area (Å²) in [4.78, 5) is 8.88. The molecule has 0 aliphatic carbocycles. The lowest BCUT2D eigenvalue weighted by Gasteiger charge is -2.06. The molecule has 0 saturated carbocycles. The predicted octanol–water partition coefficient (Wildman–Crippen LogP) is 2.08. The third kappa shape index (κ3) is 1.97. The van der Waals surface area contributed by atoms with E-state index in [2.05, 4.69) is 9.97 Å². The number of benzene rings is 2. The van der Waals surface area contributed by atoms with Gasteiger partial charge in [0, 0.05) is 12.1 Å². The number of hydrogen-bond donors (Lipinski definition) is 3. The summed E-state index contributed by atoms with van der Waals surface area (Å²) in [6, 6.07) is 5.78. The van der Waals surface area contributed by atoms with E-state index >= 15 is 0 Å². The molecular formula is C13H10N2O4S. The highest BCUT2D eigenvalue weighted by atomic mass is 32.2. The lowest BCUT2D eigenvalue weighted by atomic mass is 10.2. The molecule has 0 amide bonds. The summed E-state index contributed by atoms with van der Waals surface area (Å²) in [5.74, 6) is -0.555. The van der Waals surface area contributed by atoms with Crippen molar-refractivity contribution in [3.63, 3.8) is 0 Å². The molecule has 6 nitrogen and oxygen atoms in total. The summed E-state index contributed by atoms with van der Waals surface area (Å²) in [5.41, 5.74) is 2.46. The maximum Gasteiger partial charge on any atom is 0.186 e. The van der Waals surface area contributed by atoms with Crippen LogP contribution in [0.5, 0.6) is 11.5 Å². The molecule has 1 unspecified atom stereocenters. The van der Waals surface area contributed by atoms with Crippen molar-refractivity contribution in [2.45, 2.75) is 11.8 Å². The van der Waals surface area contributed by atoms with Crippen LogP contribution in [-0.2, 0) is 11.1 Å². The van der Waals surface area contributed by atoms with E-state index in [1.54, 1.807) is 13.0 Å². The Morgan fingerprint density at radius 2 is 1.35 bits per heavy atom. The Kier molecular flexibility index (Phi) is 2.81. The van der Waals surface area contributed by atoms with Crippen molar-refractivity contribution in [1.29, 1.82) is 0 Å². The summed E-state index contributed by atoms with van der Waals surface area (Å²) in [7, 11) is 0. The van der Waals surface area contributed by atoms with Gasteiger partial charge in [-0.3, -0.25) is 0 Å². The topological polar surface area (TPSA) is 104 Å². The molecule has 1 heterocycles. The average molecular weight is 290 g/mol. The first-order valence-corrected chi connectivity index (χ1v) is 6.81. The molecule has 2 aromatic carbocycles. The predicted molar refractivity (Wildman–Crippen MR) is 74.1 cm³/mol. The molecule has 3 N–H and O–H groups in total. The van der Waals surface area contributed by atoms with Crippen LogP contribution in [0.4, 0.5) is 0 Å². The van der Waals surface area contributed by atoms with Gasteiger partial charge in [0.2, 0.25) is 0 Å². The van der Waals surface area contributed by atoms with Crippen LogP contribution in [0.3, 0.4) is 0 Å². The molecule has 0 aliphatic rings. The number of nitrogens with zero attached hydrogens (tertiary/aromatic N) is 2. The third-order valence-corrected chi connectivity index (χ3v) is 3.83. The van der Waals surface area contributed by atoms with Gasteiger partial charge in [-0.2, -0.15) is 0 Å². The van der Waals surface area contributed by atoms with Gasteiger partial charge < -0.3 is 14.8 Å². The summed E-state index contributed by atoms with van der Waals surface area (Å²) in [6.07, 6.45) is 0. The van der Waals surface area contributed by atoms with Gasteiger partial charge in [-0.05, 0) is 24.6 Å². The maximum absolute atomic E-state index is 11.2. The molecule has 0 aliphatic heterocycles. The monoisotopic (exact) mass is 290 g/mol. The zero-order valence-electron chi connectivity index (χ0n) is 10.4. The van der Waals surface area contributed by atoms with Crippen LogP contribution in [0.15, 0.2) is 29.2 Å². The highest BCUT2D eigenvalue weighted by molar-refractivity contribution is 7.79. The number of aryl methyl sites for hydroxylation is 1. The summed E-state index contributed by atoms with van der Waals surface area (Å²) in [6.45, 7) is 1.71. The van der Waals surface area contributed by atoms with E-state index in [-0.39, 0.29) is 16.4 Å². The quantitative estimate of drug-likeness (QED) is 0.360. The van der Waals surface area contributed by atoms with Crippen molar-refractivity contribution >= 4 is 33.1 Å². The van der Waals surface area contributed by atoms with Gasteiger partial charge in [-0.1, -0.05) is 0 Å². The number of phenolic OH excluding ortho intramolecular Hbond substituents is 2. The second-order valence-electron chi connectivity index (χ2n) is 4.41. The van der Waals surface area contributed by atoms with Gasteiger partial charge in [0.05, 0.1) is 27.0 Å². The molecule has 0 radical (unpaired) electrons. The molecule has 1 aromatic heterocycles. The Bertz CT molecular complexity index is 879. The first kappa shape index (κ1) is 12.8. The van der Waals surface area contributed by atoms with E-state index in [0.29, 0.717) is 27.6 Å². The number of rotatable bonds is 1. The second kappa shape index (κ2) is 4.39. The van der Waals surface area contributed by atoms with Crippen LogP contribution >= 0.6 is 0 Å². The van der Waals surface area contributed by atoms with Crippen LogP contribution in [-0.4, -0.2) is 28.9 Å². The van der Waals surface area contributed by atoms with Crippen molar-refractivity contribution in [3.05, 3.63) is 29.8 Å². The lowest BCUT2D eigenvalue weighted by molar-refractivity contribution is 0.404. The normalized spacial score (nSPS) is 12.9. The number of fused-ring (bicyclic) bond motifs is 2. The van der Waals surface area contributed by atoms with Crippen molar-refractivity contribution in [3.8, 4) is 11.5 Å². The van der Waals surface area contributed by atoms with Crippen molar-refractivity contribution < 1.29 is 19.0 Å². The van der Waals surface area contributed by atoms with Crippen LogP contribution in [0.1, 0.15) is 5.56 Å². The van der Waals surface area contributed by atoms with E-state index in [1.807, 2.05) is 0 Å². The number of phenols is 2. The van der Waals surface area contributed by atoms with E-state index < -0.39 is 11.1 Å². The summed E-state index contributed by atoms with van der Waals surface area (Å²) < 4.78 is 20.4. The van der Waals surface area contributed by atoms with Gasteiger partial charge in [-0.25, -0.2) is 14.2 Å². The Hall–Kier alpha value is -2.25. The second-order valence-corrected chi connectivity index (χ2v) is 5.35. The Balaban J connectivity index is 2.39. The Morgan fingerprint density at radius 3 is 1.85 bits per heavy atom. The SMILES string of the molecule is Cc1cc2nc3cc(O)c(O)cc3nc2cc1S(=O)O. The van der Waals surface area contributed by atoms with E-state index in [4.69, 9.17) is 0 Å². The van der Waals surface area contributed by atoms with Crippen LogP contribution in [0.2, 0.25) is 0 Å². The maximum atomic E-state index is 11.2. The first-order chi connectivity index (χ1) is 9.45. The summed E-state index contributed by atoms with van der Waals surface area (Å²) >= 11 is -2.10. The largest absolute Gasteiger partial charge is 0.504 e. The number of hydrogen-bond acceptors (Lipinski definition) is 5. The number of aromatic hydroxyl groups is 2. The molecule has 20 heavy (non-hydrogen) atoms. The van der Waals surface area contributed by atoms with Crippen molar-refractivity contribution in [2.75, 3.05) is 0 Å². The van der Waals surface area contributed by atoms with Gasteiger partial charge in [0.25, 0.3) is 0 Å². The minimum absolute atomic E-state index is 0.268. The fourth-order valence-electron chi connectivity index (χ4n) is 2.02. The first-order valence-electron chi connectivity index (χ1n) is 5.70. The summed E-state index contributed by atoms with van der Waals surface area (Å²) in [5, 5.41) is 18.9. The molecule has 3 aromatic rings. The molecular weight excluding hydrogens is 280 g/mol. The van der Waals surface area contributed by atoms with Gasteiger partial charge in [0.1, 0.15) is 0 Å². The molecule has 0 spiro atoms. The van der Waals surface area contributed by atoms with Crippen LogP contribution < -0.4 is 0 Å². The molecule has 3 rings (SSSR count). The fourth-order valence-corrected chi connectivity index (χ4v) is 2.57. The minimum atomic E-state index is -2.10. The van der Waals surface area contributed by atoms with E-state index in [9.17, 15) is 19.0 Å². The fraction of sp³-hybridized carbons (Fsp3) is 0.0769. The smallest absolute Gasteiger partial charge is 0.186 e. The molecule has 0 bridgehead atoms. The molecule has 0 fully saturated rings. The van der Waals surface area contributed by atoms with Crippen LogP contribution in [0.25, 0.3) is 22.1 Å². The highest BCUT2D eigenvalue weighted by Gasteiger charge is 2.11. The Labute approximate surface area is 116 Å². The minimum Gasteiger partial charge on any atom is -0.504 e. The Morgan fingerprint density at radius 1 is 0.900 bits per heavy atom. The van der Waals surface area contributed by atoms with Crippen LogP contribution in [0, 0.1) is 6.92 Å². The molecule has 1 atom stereocenters. The lowest BCUT2D eigenvalue weighted by Crippen LogP contribution is -1.95. The van der Waals surface area contributed by atoms with Gasteiger partial charge in [-0.15, -0.1) is 0 Å². The van der Waals surface area contributed by atoms with Gasteiger partial charge >= 0.3 is 0 Å². The standard InChI is InChI=1S/C13H10N2O4S/c1-6-2-7-10(5-13(6)20(18)19)15-9-4-12(17)11(16)3-8(9)14-7/h2-5,16-17H,1H3,(H,18,19). The van der Waals surface area contributed by atoms with E-state index in [0.717, 1.165) is 0 Å². The zero-order chi connectivity index (χ0) is 14.4. The third-order valence-electron chi connectivity index (χ3n) is 3.01. The zero-order valence-corrected chi connectivity index (χ0v) is 11.2. The highest BCUT2D eigenvalue weighted by Crippen LogP contribution is 2.30. The average Bonchev–Trinajstić information content (AvgIpc) is 2.37. The van der Waals surface area contributed by atoms with Crippen molar-refractivity contribution in [1.82, 2.24) is 9.97 Å². The van der Waals surface area contributed by atoms with Gasteiger partial charge in [0.15, 0.2) is 22.6 Å². The molecule has 0 saturated heterocycles. The number of aromatic nitrogens is 2. The van der Waals surface area contributed by atoms with E-state index in [1.165, 1.54) is 18.2 Å². The molecule has 7 heteroatoms. The van der Waals surface area contributed by atoms with Crippen molar-refractivity contribution in [2.24, 2.45) is 0 Å². The molecule has 102 valence electrons.